The van der Waals surface area contributed by atoms with Gasteiger partial charge in [0.2, 0.25) is 0 Å². The SMILES string of the molecule is Cc1c(C(=O)Oc2cccc(C(C)C)c2C=O)cc2cccn2c1C(C)N1CCOCC1. The number of carbonyl (C=O) groups excluding carboxylic acids is 2. The summed E-state index contributed by atoms with van der Waals surface area (Å²) in [5, 5.41) is 0. The lowest BCUT2D eigenvalue weighted by molar-refractivity contribution is 0.0187. The van der Waals surface area contributed by atoms with Gasteiger partial charge in [0.25, 0.3) is 0 Å². The highest BCUT2D eigenvalue weighted by Gasteiger charge is 2.26. The number of carbonyl (C=O) groups is 2. The zero-order valence-electron chi connectivity index (χ0n) is 19.1. The summed E-state index contributed by atoms with van der Waals surface area (Å²) in [6, 6.07) is 11.3. The van der Waals surface area contributed by atoms with Crippen LogP contribution >= 0.6 is 0 Å². The first-order valence-corrected chi connectivity index (χ1v) is 11.1. The number of hydrogen-bond acceptors (Lipinski definition) is 5. The maximum atomic E-state index is 13.3. The van der Waals surface area contributed by atoms with Crippen LogP contribution in [0.2, 0.25) is 0 Å². The van der Waals surface area contributed by atoms with E-state index in [4.69, 9.17) is 9.47 Å². The molecule has 1 aliphatic heterocycles. The summed E-state index contributed by atoms with van der Waals surface area (Å²) in [4.78, 5) is 27.5. The van der Waals surface area contributed by atoms with Gasteiger partial charge in [0.15, 0.2) is 6.29 Å². The number of hydrogen-bond donors (Lipinski definition) is 0. The monoisotopic (exact) mass is 434 g/mol. The molecule has 1 aromatic carbocycles. The van der Waals surface area contributed by atoms with E-state index in [1.807, 2.05) is 57.3 Å². The van der Waals surface area contributed by atoms with Gasteiger partial charge in [-0.2, -0.15) is 0 Å². The Hall–Kier alpha value is -2.96. The van der Waals surface area contributed by atoms with Crippen LogP contribution < -0.4 is 4.74 Å². The molecule has 1 unspecified atom stereocenters. The predicted molar refractivity (Wildman–Crippen MR) is 124 cm³/mol. The highest BCUT2D eigenvalue weighted by Crippen LogP contribution is 2.31. The van der Waals surface area contributed by atoms with Gasteiger partial charge in [-0.25, -0.2) is 4.79 Å². The molecule has 3 heterocycles. The molecular weight excluding hydrogens is 404 g/mol. The molecule has 0 amide bonds. The van der Waals surface area contributed by atoms with Crippen LogP contribution in [0.25, 0.3) is 5.52 Å². The molecular formula is C26H30N2O4. The molecule has 0 bridgehead atoms. The highest BCUT2D eigenvalue weighted by molar-refractivity contribution is 5.95. The van der Waals surface area contributed by atoms with Crippen molar-refractivity contribution in [2.75, 3.05) is 26.3 Å². The largest absolute Gasteiger partial charge is 0.422 e. The third-order valence-electron chi connectivity index (χ3n) is 6.37. The Kier molecular flexibility index (Phi) is 6.44. The van der Waals surface area contributed by atoms with Crippen LogP contribution in [-0.2, 0) is 4.74 Å². The van der Waals surface area contributed by atoms with Gasteiger partial charge in [0, 0.05) is 36.5 Å². The normalized spacial score (nSPS) is 15.8. The van der Waals surface area contributed by atoms with E-state index < -0.39 is 5.97 Å². The van der Waals surface area contributed by atoms with Crippen molar-refractivity contribution in [3.63, 3.8) is 0 Å². The molecule has 3 aromatic rings. The standard InChI is InChI=1S/C26H30N2O4/c1-17(2)21-8-5-9-24(23(21)16-29)32-26(30)22-15-20-7-6-10-28(20)25(18(22)3)19(4)27-11-13-31-14-12-27/h5-10,15-17,19H,11-14H2,1-4H3. The second-order valence-corrected chi connectivity index (χ2v) is 8.62. The minimum atomic E-state index is -0.453. The Bertz CT molecular complexity index is 1140. The molecule has 1 fully saturated rings. The van der Waals surface area contributed by atoms with Gasteiger partial charge in [-0.3, -0.25) is 9.69 Å². The molecule has 1 aliphatic rings. The first kappa shape index (κ1) is 22.2. The number of aromatic nitrogens is 1. The second-order valence-electron chi connectivity index (χ2n) is 8.62. The molecule has 6 nitrogen and oxygen atoms in total. The van der Waals surface area contributed by atoms with Crippen LogP contribution in [0.15, 0.2) is 42.6 Å². The van der Waals surface area contributed by atoms with Crippen molar-refractivity contribution in [1.82, 2.24) is 9.30 Å². The molecule has 1 saturated heterocycles. The van der Waals surface area contributed by atoms with Crippen LogP contribution in [0, 0.1) is 6.92 Å². The number of nitrogens with zero attached hydrogens (tertiary/aromatic N) is 2. The van der Waals surface area contributed by atoms with E-state index in [1.165, 1.54) is 0 Å². The van der Waals surface area contributed by atoms with Crippen LogP contribution in [0.5, 0.6) is 5.75 Å². The molecule has 4 rings (SSSR count). The van der Waals surface area contributed by atoms with Crippen molar-refractivity contribution < 1.29 is 19.1 Å². The van der Waals surface area contributed by atoms with Crippen molar-refractivity contribution in [3.8, 4) is 5.75 Å². The Labute approximate surface area is 188 Å². The number of rotatable bonds is 6. The number of aldehydes is 1. The first-order valence-electron chi connectivity index (χ1n) is 11.1. The fourth-order valence-corrected chi connectivity index (χ4v) is 4.60. The average molecular weight is 435 g/mol. The van der Waals surface area contributed by atoms with Gasteiger partial charge in [0.1, 0.15) is 5.75 Å². The zero-order valence-corrected chi connectivity index (χ0v) is 19.1. The maximum Gasteiger partial charge on any atom is 0.343 e. The van der Waals surface area contributed by atoms with Crippen molar-refractivity contribution in [1.29, 1.82) is 0 Å². The van der Waals surface area contributed by atoms with E-state index in [2.05, 4.69) is 16.2 Å². The molecule has 32 heavy (non-hydrogen) atoms. The molecule has 0 spiro atoms. The van der Waals surface area contributed by atoms with E-state index in [1.54, 1.807) is 6.07 Å². The van der Waals surface area contributed by atoms with Gasteiger partial charge in [-0.05, 0) is 55.2 Å². The van der Waals surface area contributed by atoms with Gasteiger partial charge in [-0.1, -0.05) is 26.0 Å². The molecule has 2 aromatic heterocycles. The topological polar surface area (TPSA) is 60.2 Å². The highest BCUT2D eigenvalue weighted by atomic mass is 16.5. The summed E-state index contributed by atoms with van der Waals surface area (Å²) in [5.41, 5.74) is 4.69. The molecule has 168 valence electrons. The van der Waals surface area contributed by atoms with Crippen LogP contribution in [0.4, 0.5) is 0 Å². The Morgan fingerprint density at radius 2 is 1.88 bits per heavy atom. The number of benzene rings is 1. The molecule has 0 aliphatic carbocycles. The summed E-state index contributed by atoms with van der Waals surface area (Å²) in [7, 11) is 0. The first-order chi connectivity index (χ1) is 15.4. The predicted octanol–water partition coefficient (Wildman–Crippen LogP) is 4.80. The van der Waals surface area contributed by atoms with E-state index in [9.17, 15) is 9.59 Å². The smallest absolute Gasteiger partial charge is 0.343 e. The second kappa shape index (κ2) is 9.27. The van der Waals surface area contributed by atoms with Crippen LogP contribution in [0.3, 0.4) is 0 Å². The lowest BCUT2D eigenvalue weighted by atomic mass is 9.97. The summed E-state index contributed by atoms with van der Waals surface area (Å²) >= 11 is 0. The molecule has 1 atom stereocenters. The summed E-state index contributed by atoms with van der Waals surface area (Å²) in [5.74, 6) is -0.00657. The van der Waals surface area contributed by atoms with Crippen LogP contribution in [-0.4, -0.2) is 47.9 Å². The number of esters is 1. The quantitative estimate of drug-likeness (QED) is 0.317. The molecule has 0 N–H and O–H groups in total. The van der Waals surface area contributed by atoms with Gasteiger partial charge < -0.3 is 13.9 Å². The van der Waals surface area contributed by atoms with Crippen molar-refractivity contribution in [2.24, 2.45) is 0 Å². The fourth-order valence-electron chi connectivity index (χ4n) is 4.60. The minimum Gasteiger partial charge on any atom is -0.422 e. The number of ether oxygens (including phenoxy) is 2. The average Bonchev–Trinajstić information content (AvgIpc) is 3.26. The van der Waals surface area contributed by atoms with Crippen molar-refractivity contribution >= 4 is 17.8 Å². The van der Waals surface area contributed by atoms with Crippen LogP contribution in [0.1, 0.15) is 70.3 Å². The minimum absolute atomic E-state index is 0.108. The molecule has 6 heteroatoms. The summed E-state index contributed by atoms with van der Waals surface area (Å²) in [6.07, 6.45) is 2.80. The van der Waals surface area contributed by atoms with E-state index in [0.29, 0.717) is 30.1 Å². The van der Waals surface area contributed by atoms with Gasteiger partial charge >= 0.3 is 5.97 Å². The number of morpholine rings is 1. The zero-order chi connectivity index (χ0) is 22.8. The number of pyridine rings is 1. The maximum absolute atomic E-state index is 13.3. The molecule has 0 radical (unpaired) electrons. The summed E-state index contributed by atoms with van der Waals surface area (Å²) < 4.78 is 13.4. The lowest BCUT2D eigenvalue weighted by Crippen LogP contribution is -2.39. The molecule has 0 saturated carbocycles. The Morgan fingerprint density at radius 1 is 1.12 bits per heavy atom. The van der Waals surface area contributed by atoms with Crippen molar-refractivity contribution in [2.45, 2.75) is 39.7 Å². The third kappa shape index (κ3) is 4.08. The lowest BCUT2D eigenvalue weighted by Gasteiger charge is -2.34. The number of fused-ring (bicyclic) bond motifs is 1. The third-order valence-corrected chi connectivity index (χ3v) is 6.37. The van der Waals surface area contributed by atoms with Gasteiger partial charge in [0.05, 0.1) is 24.3 Å². The van der Waals surface area contributed by atoms with E-state index >= 15 is 0 Å². The van der Waals surface area contributed by atoms with Gasteiger partial charge in [-0.15, -0.1) is 0 Å². The fraction of sp³-hybridized carbons (Fsp3) is 0.385. The van der Waals surface area contributed by atoms with E-state index in [-0.39, 0.29) is 12.0 Å². The van der Waals surface area contributed by atoms with Crippen molar-refractivity contribution in [3.05, 3.63) is 70.5 Å². The Balaban J connectivity index is 1.74. The summed E-state index contributed by atoms with van der Waals surface area (Å²) in [6.45, 7) is 11.3. The van der Waals surface area contributed by atoms with E-state index in [0.717, 1.165) is 41.7 Å². The Morgan fingerprint density at radius 3 is 2.56 bits per heavy atom.